The second kappa shape index (κ2) is 7.06. The van der Waals surface area contributed by atoms with E-state index in [-0.39, 0.29) is 0 Å². The van der Waals surface area contributed by atoms with E-state index in [1.807, 2.05) is 0 Å². The predicted molar refractivity (Wildman–Crippen MR) is 75.6 cm³/mol. The molecule has 0 bridgehead atoms. The van der Waals surface area contributed by atoms with Gasteiger partial charge in [-0.25, -0.2) is 0 Å². The van der Waals surface area contributed by atoms with Crippen molar-refractivity contribution in [2.24, 2.45) is 5.92 Å². The second-order valence-electron chi connectivity index (χ2n) is 5.36. The molecule has 0 nitrogen and oxygen atoms in total. The lowest BCUT2D eigenvalue weighted by Crippen LogP contribution is -2.06. The molecule has 0 aromatic heterocycles. The summed E-state index contributed by atoms with van der Waals surface area (Å²) in [6, 6.07) is 10.8. The minimum atomic E-state index is 0.444. The quantitative estimate of drug-likeness (QED) is 0.509. The first-order valence-corrected chi connectivity index (χ1v) is 7.46. The van der Waals surface area contributed by atoms with Crippen LogP contribution in [0.2, 0.25) is 0 Å². The van der Waals surface area contributed by atoms with Gasteiger partial charge in [0.2, 0.25) is 0 Å². The third kappa shape index (κ3) is 4.71. The van der Waals surface area contributed by atoms with Gasteiger partial charge in [0.15, 0.2) is 0 Å². The molecule has 0 N–H and O–H groups in total. The maximum Gasteiger partial charge on any atom is 0.0338 e. The Labute approximate surface area is 110 Å². The van der Waals surface area contributed by atoms with Gasteiger partial charge in [-0.3, -0.25) is 0 Å². The average Bonchev–Trinajstić information content (AvgIpc) is 2.55. The van der Waals surface area contributed by atoms with Crippen molar-refractivity contribution in [2.75, 3.05) is 0 Å². The Morgan fingerprint density at radius 1 is 1.06 bits per heavy atom. The van der Waals surface area contributed by atoms with Crippen molar-refractivity contribution in [3.05, 3.63) is 35.9 Å². The van der Waals surface area contributed by atoms with Gasteiger partial charge in [-0.05, 0) is 37.2 Å². The number of benzene rings is 1. The van der Waals surface area contributed by atoms with Gasteiger partial charge in [0.05, 0.1) is 0 Å². The van der Waals surface area contributed by atoms with Crippen molar-refractivity contribution < 1.29 is 0 Å². The molecule has 0 heterocycles. The van der Waals surface area contributed by atoms with Crippen molar-refractivity contribution >= 4 is 11.6 Å². The van der Waals surface area contributed by atoms with Crippen molar-refractivity contribution in [1.82, 2.24) is 0 Å². The Morgan fingerprint density at radius 2 is 1.82 bits per heavy atom. The monoisotopic (exact) mass is 250 g/mol. The molecule has 1 aliphatic rings. The summed E-state index contributed by atoms with van der Waals surface area (Å²) in [6.07, 6.45) is 10.5. The summed E-state index contributed by atoms with van der Waals surface area (Å²) in [5.41, 5.74) is 1.48. The third-order valence-electron chi connectivity index (χ3n) is 3.89. The minimum Gasteiger partial charge on any atom is -0.123 e. The molecule has 0 amide bonds. The van der Waals surface area contributed by atoms with Crippen LogP contribution in [0.3, 0.4) is 0 Å². The first-order valence-electron chi connectivity index (χ1n) is 7.02. The molecule has 2 unspecified atom stereocenters. The molecule has 0 radical (unpaired) electrons. The van der Waals surface area contributed by atoms with E-state index in [4.69, 9.17) is 11.6 Å². The minimum absolute atomic E-state index is 0.444. The fraction of sp³-hybridized carbons (Fsp3) is 0.625. The van der Waals surface area contributed by atoms with E-state index in [2.05, 4.69) is 30.3 Å². The summed E-state index contributed by atoms with van der Waals surface area (Å²) in [5.74, 6) is 0.878. The van der Waals surface area contributed by atoms with Crippen LogP contribution in [0.25, 0.3) is 0 Å². The normalized spacial score (nSPS) is 25.5. The number of hydrogen-bond acceptors (Lipinski definition) is 0. The molecule has 0 aliphatic heterocycles. The lowest BCUT2D eigenvalue weighted by molar-refractivity contribution is 0.418. The maximum atomic E-state index is 6.31. The number of aryl methyl sites for hydroxylation is 1. The molecule has 1 aromatic carbocycles. The summed E-state index contributed by atoms with van der Waals surface area (Å²) in [5, 5.41) is 0.444. The summed E-state index contributed by atoms with van der Waals surface area (Å²) >= 11 is 6.31. The Bertz CT molecular complexity index is 307. The number of halogens is 1. The molecule has 2 atom stereocenters. The maximum absolute atomic E-state index is 6.31. The molecule has 1 aliphatic carbocycles. The molecule has 1 heteroatoms. The van der Waals surface area contributed by atoms with E-state index in [9.17, 15) is 0 Å². The van der Waals surface area contributed by atoms with Crippen LogP contribution < -0.4 is 0 Å². The first-order chi connectivity index (χ1) is 8.34. The SMILES string of the molecule is ClC1CCCCC(CCCc2ccccc2)C1. The lowest BCUT2D eigenvalue weighted by atomic mass is 9.93. The van der Waals surface area contributed by atoms with Crippen LogP contribution in [0.5, 0.6) is 0 Å². The van der Waals surface area contributed by atoms with E-state index in [1.54, 1.807) is 0 Å². The largest absolute Gasteiger partial charge is 0.123 e. The Kier molecular flexibility index (Phi) is 5.38. The highest BCUT2D eigenvalue weighted by molar-refractivity contribution is 6.20. The van der Waals surface area contributed by atoms with E-state index in [1.165, 1.54) is 56.9 Å². The predicted octanol–water partition coefficient (Wildman–Crippen LogP) is 5.20. The molecule has 1 saturated carbocycles. The molecular formula is C16H23Cl. The third-order valence-corrected chi connectivity index (χ3v) is 4.29. The highest BCUT2D eigenvalue weighted by Gasteiger charge is 2.17. The van der Waals surface area contributed by atoms with Gasteiger partial charge in [0.25, 0.3) is 0 Å². The first kappa shape index (κ1) is 13.0. The summed E-state index contributed by atoms with van der Waals surface area (Å²) in [7, 11) is 0. The fourth-order valence-corrected chi connectivity index (χ4v) is 3.30. The van der Waals surface area contributed by atoms with Crippen LogP contribution in [0.4, 0.5) is 0 Å². The zero-order valence-electron chi connectivity index (χ0n) is 10.6. The molecule has 1 fully saturated rings. The van der Waals surface area contributed by atoms with Gasteiger partial charge in [0.1, 0.15) is 0 Å². The van der Waals surface area contributed by atoms with Gasteiger partial charge in [0, 0.05) is 5.38 Å². The summed E-state index contributed by atoms with van der Waals surface area (Å²) in [6.45, 7) is 0. The lowest BCUT2D eigenvalue weighted by Gasteiger charge is -2.15. The van der Waals surface area contributed by atoms with Crippen LogP contribution in [-0.2, 0) is 6.42 Å². The van der Waals surface area contributed by atoms with Crippen molar-refractivity contribution in [3.8, 4) is 0 Å². The van der Waals surface area contributed by atoms with Crippen molar-refractivity contribution in [1.29, 1.82) is 0 Å². The van der Waals surface area contributed by atoms with Crippen LogP contribution in [-0.4, -0.2) is 5.38 Å². The molecule has 2 rings (SSSR count). The van der Waals surface area contributed by atoms with Gasteiger partial charge in [-0.2, -0.15) is 0 Å². The average molecular weight is 251 g/mol. The topological polar surface area (TPSA) is 0 Å². The number of rotatable bonds is 4. The molecule has 17 heavy (non-hydrogen) atoms. The Hall–Kier alpha value is -0.490. The van der Waals surface area contributed by atoms with Crippen LogP contribution in [0.15, 0.2) is 30.3 Å². The zero-order chi connectivity index (χ0) is 11.9. The molecule has 1 aromatic rings. The van der Waals surface area contributed by atoms with E-state index in [0.29, 0.717) is 5.38 Å². The standard InChI is InChI=1S/C16H23Cl/c17-16-12-5-4-9-15(13-16)11-6-10-14-7-2-1-3-8-14/h1-3,7-8,15-16H,4-6,9-13H2. The number of alkyl halides is 1. The van der Waals surface area contributed by atoms with Crippen molar-refractivity contribution in [3.63, 3.8) is 0 Å². The van der Waals surface area contributed by atoms with Gasteiger partial charge >= 0.3 is 0 Å². The van der Waals surface area contributed by atoms with Crippen LogP contribution in [0.1, 0.15) is 50.5 Å². The summed E-state index contributed by atoms with van der Waals surface area (Å²) < 4.78 is 0. The highest BCUT2D eigenvalue weighted by Crippen LogP contribution is 2.29. The molecule has 0 spiro atoms. The number of hydrogen-bond donors (Lipinski definition) is 0. The molecule has 0 saturated heterocycles. The molecular weight excluding hydrogens is 228 g/mol. The van der Waals surface area contributed by atoms with Crippen LogP contribution >= 0.6 is 11.6 Å². The Morgan fingerprint density at radius 3 is 2.65 bits per heavy atom. The van der Waals surface area contributed by atoms with Gasteiger partial charge < -0.3 is 0 Å². The fourth-order valence-electron chi connectivity index (χ4n) is 2.90. The van der Waals surface area contributed by atoms with Crippen molar-refractivity contribution in [2.45, 2.75) is 56.7 Å². The van der Waals surface area contributed by atoms with Gasteiger partial charge in [-0.1, -0.05) is 56.0 Å². The zero-order valence-corrected chi connectivity index (χ0v) is 11.3. The highest BCUT2D eigenvalue weighted by atomic mass is 35.5. The second-order valence-corrected chi connectivity index (χ2v) is 5.98. The Balaban J connectivity index is 1.70. The van der Waals surface area contributed by atoms with E-state index >= 15 is 0 Å². The van der Waals surface area contributed by atoms with E-state index < -0.39 is 0 Å². The van der Waals surface area contributed by atoms with E-state index in [0.717, 1.165) is 5.92 Å². The summed E-state index contributed by atoms with van der Waals surface area (Å²) in [4.78, 5) is 0. The smallest absolute Gasteiger partial charge is 0.0338 e. The van der Waals surface area contributed by atoms with Crippen LogP contribution in [0, 0.1) is 5.92 Å². The van der Waals surface area contributed by atoms with Gasteiger partial charge in [-0.15, -0.1) is 11.6 Å². The molecule has 94 valence electrons.